The van der Waals surface area contributed by atoms with E-state index in [0.29, 0.717) is 30.1 Å². The molecule has 0 fully saturated rings. The second kappa shape index (κ2) is 10.8. The molecule has 1 unspecified atom stereocenters. The van der Waals surface area contributed by atoms with Gasteiger partial charge in [0.1, 0.15) is 0 Å². The predicted octanol–water partition coefficient (Wildman–Crippen LogP) is 4.22. The number of benzene rings is 1. The normalized spacial score (nSPS) is 11.5. The lowest BCUT2D eigenvalue weighted by molar-refractivity contribution is -0.119. The summed E-state index contributed by atoms with van der Waals surface area (Å²) in [7, 11) is 0. The number of anilines is 1. The average Bonchev–Trinajstić information content (AvgIpc) is 3.43. The van der Waals surface area contributed by atoms with Crippen LogP contribution in [0.5, 0.6) is 0 Å². The van der Waals surface area contributed by atoms with Gasteiger partial charge in [0.25, 0.3) is 5.91 Å². The molecule has 0 spiro atoms. The van der Waals surface area contributed by atoms with E-state index in [2.05, 4.69) is 20.9 Å². The molecule has 3 amide bonds. The average molecular weight is 457 g/mol. The topological polar surface area (TPSA) is 100 Å². The van der Waals surface area contributed by atoms with E-state index < -0.39 is 0 Å². The maximum absolute atomic E-state index is 12.1. The number of hydrogen-bond acceptors (Lipinski definition) is 6. The highest BCUT2D eigenvalue weighted by atomic mass is 32.1. The number of nitrogens with one attached hydrogen (secondary N) is 3. The van der Waals surface area contributed by atoms with Gasteiger partial charge in [-0.05, 0) is 30.4 Å². The van der Waals surface area contributed by atoms with Crippen molar-refractivity contribution in [3.63, 3.8) is 0 Å². The Morgan fingerprint density at radius 3 is 2.55 bits per heavy atom. The quantitative estimate of drug-likeness (QED) is 0.420. The molecule has 0 aliphatic rings. The van der Waals surface area contributed by atoms with Crippen LogP contribution in [0.4, 0.5) is 5.13 Å². The molecule has 0 saturated heterocycles. The Morgan fingerprint density at radius 2 is 1.87 bits per heavy atom. The molecule has 3 N–H and O–H groups in total. The summed E-state index contributed by atoms with van der Waals surface area (Å²) in [4.78, 5) is 39.7. The maximum atomic E-state index is 12.1. The lowest BCUT2D eigenvalue weighted by atomic mass is 10.1. The predicted molar refractivity (Wildman–Crippen MR) is 124 cm³/mol. The van der Waals surface area contributed by atoms with Crippen molar-refractivity contribution in [1.29, 1.82) is 0 Å². The van der Waals surface area contributed by atoms with E-state index in [0.717, 1.165) is 16.8 Å². The number of amides is 3. The number of hydrogen-bond donors (Lipinski definition) is 3. The number of thiazole rings is 1. The van der Waals surface area contributed by atoms with Gasteiger partial charge in [0, 0.05) is 41.8 Å². The van der Waals surface area contributed by atoms with E-state index in [-0.39, 0.29) is 23.8 Å². The van der Waals surface area contributed by atoms with E-state index in [9.17, 15) is 14.4 Å². The Morgan fingerprint density at radius 1 is 1.10 bits per heavy atom. The van der Waals surface area contributed by atoms with Crippen molar-refractivity contribution >= 4 is 45.5 Å². The highest BCUT2D eigenvalue weighted by Gasteiger charge is 2.11. The van der Waals surface area contributed by atoms with E-state index >= 15 is 0 Å². The van der Waals surface area contributed by atoms with Crippen LogP contribution in [0, 0.1) is 0 Å². The number of carbonyl (C=O) groups excluding carboxylic acids is 3. The summed E-state index contributed by atoms with van der Waals surface area (Å²) in [5, 5.41) is 14.5. The minimum absolute atomic E-state index is 0.0631. The minimum atomic E-state index is -0.134. The molecular weight excluding hydrogens is 432 g/mol. The van der Waals surface area contributed by atoms with Crippen molar-refractivity contribution in [1.82, 2.24) is 15.6 Å². The molecule has 0 saturated carbocycles. The summed E-state index contributed by atoms with van der Waals surface area (Å²) in [5.41, 5.74) is 3.37. The first-order valence-corrected chi connectivity index (χ1v) is 11.7. The SMILES string of the molecule is CC(=O)NC(C)c1ccc(-c2csc(NC(=O)CCCNC(=O)c3ccsc3)n2)cc1. The highest BCUT2D eigenvalue weighted by molar-refractivity contribution is 7.14. The highest BCUT2D eigenvalue weighted by Crippen LogP contribution is 2.26. The van der Waals surface area contributed by atoms with Gasteiger partial charge in [-0.1, -0.05) is 24.3 Å². The van der Waals surface area contributed by atoms with E-state index in [1.807, 2.05) is 41.9 Å². The molecule has 162 valence electrons. The Labute approximate surface area is 188 Å². The Hall–Kier alpha value is -3.04. The zero-order valence-corrected chi connectivity index (χ0v) is 18.9. The smallest absolute Gasteiger partial charge is 0.252 e. The summed E-state index contributed by atoms with van der Waals surface area (Å²) < 4.78 is 0. The molecule has 0 radical (unpaired) electrons. The third-order valence-electron chi connectivity index (χ3n) is 4.53. The standard InChI is InChI=1S/C22H24N4O3S2/c1-14(24-15(2)27)16-5-7-17(8-6-16)19-13-31-22(25-19)26-20(28)4-3-10-23-21(29)18-9-11-30-12-18/h5-9,11-14H,3-4,10H2,1-2H3,(H,23,29)(H,24,27)(H,25,26,28). The van der Waals surface area contributed by atoms with Gasteiger partial charge >= 0.3 is 0 Å². The fourth-order valence-corrected chi connectivity index (χ4v) is 4.29. The number of rotatable bonds is 9. The van der Waals surface area contributed by atoms with Crippen molar-refractivity contribution in [2.75, 3.05) is 11.9 Å². The van der Waals surface area contributed by atoms with Gasteiger partial charge in [-0.25, -0.2) is 4.98 Å². The lowest BCUT2D eigenvalue weighted by Crippen LogP contribution is -2.25. The largest absolute Gasteiger partial charge is 0.352 e. The molecule has 9 heteroatoms. The molecule has 7 nitrogen and oxygen atoms in total. The monoisotopic (exact) mass is 456 g/mol. The van der Waals surface area contributed by atoms with Gasteiger partial charge in [0.2, 0.25) is 11.8 Å². The molecule has 1 aromatic carbocycles. The van der Waals surface area contributed by atoms with Crippen LogP contribution in [0.2, 0.25) is 0 Å². The second-order valence-corrected chi connectivity index (χ2v) is 8.64. The van der Waals surface area contributed by atoms with Gasteiger partial charge in [-0.3, -0.25) is 14.4 Å². The number of carbonyl (C=O) groups is 3. The molecule has 0 aliphatic heterocycles. The fourth-order valence-electron chi connectivity index (χ4n) is 2.92. The first-order chi connectivity index (χ1) is 14.9. The summed E-state index contributed by atoms with van der Waals surface area (Å²) in [6.07, 6.45) is 0.850. The van der Waals surface area contributed by atoms with E-state index in [1.54, 1.807) is 11.4 Å². The van der Waals surface area contributed by atoms with Gasteiger partial charge in [0.05, 0.1) is 11.7 Å². The van der Waals surface area contributed by atoms with E-state index in [4.69, 9.17) is 0 Å². The fraction of sp³-hybridized carbons (Fsp3) is 0.273. The summed E-state index contributed by atoms with van der Waals surface area (Å²) in [6.45, 7) is 3.87. The van der Waals surface area contributed by atoms with Gasteiger partial charge in [-0.2, -0.15) is 11.3 Å². The van der Waals surface area contributed by atoms with E-state index in [1.165, 1.54) is 29.6 Å². The Bertz CT molecular complexity index is 1030. The molecule has 3 aromatic rings. The third kappa shape index (κ3) is 6.73. The van der Waals surface area contributed by atoms with Gasteiger partial charge in [-0.15, -0.1) is 11.3 Å². The third-order valence-corrected chi connectivity index (χ3v) is 5.97. The van der Waals surface area contributed by atoms with Crippen molar-refractivity contribution in [3.8, 4) is 11.3 Å². The van der Waals surface area contributed by atoms with Crippen LogP contribution in [0.25, 0.3) is 11.3 Å². The van der Waals surface area contributed by atoms with Gasteiger partial charge < -0.3 is 16.0 Å². The summed E-state index contributed by atoms with van der Waals surface area (Å²) in [6, 6.07) is 9.51. The second-order valence-electron chi connectivity index (χ2n) is 7.00. The summed E-state index contributed by atoms with van der Waals surface area (Å²) in [5.74, 6) is -0.324. The minimum Gasteiger partial charge on any atom is -0.352 e. The Balaban J connectivity index is 1.45. The van der Waals surface area contributed by atoms with Crippen molar-refractivity contribution in [2.24, 2.45) is 0 Å². The number of nitrogens with zero attached hydrogens (tertiary/aromatic N) is 1. The molecule has 1 atom stereocenters. The zero-order chi connectivity index (χ0) is 22.2. The van der Waals surface area contributed by atoms with Crippen LogP contribution in [0.1, 0.15) is 48.7 Å². The number of thiophene rings is 1. The summed E-state index contributed by atoms with van der Waals surface area (Å²) >= 11 is 2.84. The zero-order valence-electron chi connectivity index (χ0n) is 17.3. The molecule has 2 heterocycles. The number of aromatic nitrogens is 1. The van der Waals surface area contributed by atoms with Crippen LogP contribution in [0.3, 0.4) is 0 Å². The lowest BCUT2D eigenvalue weighted by Gasteiger charge is -2.13. The van der Waals surface area contributed by atoms with Crippen molar-refractivity contribution in [2.45, 2.75) is 32.7 Å². The van der Waals surface area contributed by atoms with Crippen LogP contribution in [-0.2, 0) is 9.59 Å². The Kier molecular flexibility index (Phi) is 7.91. The van der Waals surface area contributed by atoms with Crippen LogP contribution in [-0.4, -0.2) is 29.3 Å². The van der Waals surface area contributed by atoms with Crippen LogP contribution < -0.4 is 16.0 Å². The van der Waals surface area contributed by atoms with Gasteiger partial charge in [0.15, 0.2) is 5.13 Å². The molecule has 2 aromatic heterocycles. The molecule has 31 heavy (non-hydrogen) atoms. The molecular formula is C22H24N4O3S2. The van der Waals surface area contributed by atoms with Crippen LogP contribution >= 0.6 is 22.7 Å². The first-order valence-electron chi connectivity index (χ1n) is 9.85. The molecule has 0 aliphatic carbocycles. The maximum Gasteiger partial charge on any atom is 0.252 e. The van der Waals surface area contributed by atoms with Crippen LogP contribution in [0.15, 0.2) is 46.5 Å². The first kappa shape index (κ1) is 22.6. The molecule has 0 bridgehead atoms. The van der Waals surface area contributed by atoms with Crippen molar-refractivity contribution < 1.29 is 14.4 Å². The molecule has 3 rings (SSSR count). The van der Waals surface area contributed by atoms with Crippen molar-refractivity contribution in [3.05, 3.63) is 57.6 Å².